The van der Waals surface area contributed by atoms with Crippen molar-refractivity contribution in [2.24, 2.45) is 11.8 Å². The van der Waals surface area contributed by atoms with E-state index in [9.17, 15) is 40.2 Å². The number of rotatable bonds is 17. The maximum atomic E-state index is 13.3. The molecule has 14 heteroatoms. The molecule has 0 heterocycles. The molecule has 4 aromatic carbocycles. The van der Waals surface area contributed by atoms with Crippen LogP contribution in [0.5, 0.6) is 57.5 Å². The molecule has 0 aliphatic carbocycles. The molecule has 0 unspecified atom stereocenters. The van der Waals surface area contributed by atoms with Gasteiger partial charge in [0, 0.05) is 18.1 Å². The predicted molar refractivity (Wildman–Crippen MR) is 186 cm³/mol. The van der Waals surface area contributed by atoms with Gasteiger partial charge in [-0.3, -0.25) is 0 Å². The first-order valence-corrected chi connectivity index (χ1v) is 16.1. The zero-order valence-electron chi connectivity index (χ0n) is 29.1. The lowest BCUT2D eigenvalue weighted by molar-refractivity contribution is 0.0361. The second-order valence-corrected chi connectivity index (χ2v) is 12.0. The third-order valence-corrected chi connectivity index (χ3v) is 8.48. The van der Waals surface area contributed by atoms with E-state index in [4.69, 9.17) is 28.4 Å². The van der Waals surface area contributed by atoms with E-state index in [2.05, 4.69) is 0 Å². The number of carbonyl (C=O) groups excluding carboxylic acids is 2. The molecule has 0 aliphatic rings. The minimum atomic E-state index is -0.695. The lowest BCUT2D eigenvalue weighted by Gasteiger charge is -2.28. The molecule has 6 N–H and O–H groups in total. The molecule has 0 saturated carbocycles. The average Bonchev–Trinajstić information content (AvgIpc) is 3.14. The molecule has 0 saturated heterocycles. The molecule has 0 fully saturated rings. The van der Waals surface area contributed by atoms with Gasteiger partial charge in [-0.15, -0.1) is 0 Å². The Morgan fingerprint density at radius 1 is 0.519 bits per heavy atom. The maximum absolute atomic E-state index is 13.3. The molecule has 52 heavy (non-hydrogen) atoms. The minimum Gasteiger partial charge on any atom is -0.504 e. The molecular formula is C38H42O14. The van der Waals surface area contributed by atoms with Crippen LogP contribution in [-0.4, -0.2) is 84.2 Å². The lowest BCUT2D eigenvalue weighted by Crippen LogP contribution is -2.27. The standard InChI is InChI=1S/C38H42O14/c1-47-27-14-24(15-28(18-27)48-2)37(45)51-7-5-6-23(8-21-10-31(39)35(43)32(40)11-21)26(9-22-12-33(41)36(44)34(42)13-22)20-52-38(46)25-16-29(49-3)19-30(17-25)50-4/h10-19,23,26,39-44H,5-9,20H2,1-4H3/t23-,26+/m1/s1. The Labute approximate surface area is 299 Å². The quantitative estimate of drug-likeness (QED) is 0.0454. The molecule has 0 aliphatic heterocycles. The molecule has 278 valence electrons. The van der Waals surface area contributed by atoms with Crippen LogP contribution >= 0.6 is 0 Å². The summed E-state index contributed by atoms with van der Waals surface area (Å²) < 4.78 is 32.4. The number of aromatic hydroxyl groups is 6. The molecule has 0 aromatic heterocycles. The van der Waals surface area contributed by atoms with Gasteiger partial charge in [0.25, 0.3) is 0 Å². The van der Waals surface area contributed by atoms with E-state index in [-0.39, 0.29) is 37.2 Å². The monoisotopic (exact) mass is 722 g/mol. The smallest absolute Gasteiger partial charge is 0.338 e. The zero-order chi connectivity index (χ0) is 37.9. The van der Waals surface area contributed by atoms with Crippen LogP contribution in [0.25, 0.3) is 0 Å². The van der Waals surface area contributed by atoms with Crippen LogP contribution in [0.15, 0.2) is 60.7 Å². The zero-order valence-corrected chi connectivity index (χ0v) is 29.1. The van der Waals surface area contributed by atoms with Crippen LogP contribution in [0.1, 0.15) is 44.7 Å². The second kappa shape index (κ2) is 17.7. The van der Waals surface area contributed by atoms with Gasteiger partial charge in [-0.25, -0.2) is 9.59 Å². The van der Waals surface area contributed by atoms with Gasteiger partial charge in [-0.05, 0) is 91.3 Å². The van der Waals surface area contributed by atoms with Crippen LogP contribution in [0.4, 0.5) is 0 Å². The number of ether oxygens (including phenoxy) is 6. The Morgan fingerprint density at radius 2 is 0.885 bits per heavy atom. The van der Waals surface area contributed by atoms with Crippen molar-refractivity contribution in [1.82, 2.24) is 0 Å². The summed E-state index contributed by atoms with van der Waals surface area (Å²) in [6.07, 6.45) is 0.952. The predicted octanol–water partition coefficient (Wildman–Crippen LogP) is 5.47. The van der Waals surface area contributed by atoms with E-state index in [0.29, 0.717) is 47.0 Å². The lowest BCUT2D eigenvalue weighted by atomic mass is 9.80. The normalized spacial score (nSPS) is 12.0. The van der Waals surface area contributed by atoms with E-state index >= 15 is 0 Å². The highest BCUT2D eigenvalue weighted by atomic mass is 16.5. The van der Waals surface area contributed by atoms with Crippen molar-refractivity contribution in [3.05, 3.63) is 82.9 Å². The minimum absolute atomic E-state index is 0.0160. The number of hydrogen-bond donors (Lipinski definition) is 6. The SMILES string of the molecule is COc1cc(OC)cc(C(=O)OCCC[C@H](Cc2cc(O)c(O)c(O)c2)[C@H](COC(=O)c2cc(OC)cc(OC)c2)Cc2cc(O)c(O)c(O)c2)c1. The summed E-state index contributed by atoms with van der Waals surface area (Å²) in [4.78, 5) is 26.3. The number of phenolic OH excluding ortho intramolecular Hbond substituents is 6. The van der Waals surface area contributed by atoms with Crippen molar-refractivity contribution in [3.63, 3.8) is 0 Å². The van der Waals surface area contributed by atoms with Crippen molar-refractivity contribution >= 4 is 11.9 Å². The number of hydrogen-bond acceptors (Lipinski definition) is 14. The third-order valence-electron chi connectivity index (χ3n) is 8.48. The molecule has 14 nitrogen and oxygen atoms in total. The van der Waals surface area contributed by atoms with Crippen molar-refractivity contribution in [2.75, 3.05) is 41.7 Å². The summed E-state index contributed by atoms with van der Waals surface area (Å²) in [6.45, 7) is -0.206. The largest absolute Gasteiger partial charge is 0.504 e. The van der Waals surface area contributed by atoms with Gasteiger partial charge in [-0.1, -0.05) is 0 Å². The first-order chi connectivity index (χ1) is 24.8. The Morgan fingerprint density at radius 3 is 1.27 bits per heavy atom. The van der Waals surface area contributed by atoms with Crippen molar-refractivity contribution in [3.8, 4) is 57.5 Å². The van der Waals surface area contributed by atoms with E-state index < -0.39 is 58.3 Å². The third kappa shape index (κ3) is 9.96. The van der Waals surface area contributed by atoms with Gasteiger partial charge < -0.3 is 59.1 Å². The highest BCUT2D eigenvalue weighted by molar-refractivity contribution is 5.91. The van der Waals surface area contributed by atoms with Gasteiger partial charge in [0.2, 0.25) is 0 Å². The van der Waals surface area contributed by atoms with E-state index in [1.54, 1.807) is 12.1 Å². The van der Waals surface area contributed by atoms with E-state index in [0.717, 1.165) is 0 Å². The second-order valence-electron chi connectivity index (χ2n) is 12.0. The van der Waals surface area contributed by atoms with Gasteiger partial charge in [0.1, 0.15) is 23.0 Å². The number of benzene rings is 4. The molecule has 2 atom stereocenters. The fourth-order valence-electron chi connectivity index (χ4n) is 5.74. The fraction of sp³-hybridized carbons (Fsp3) is 0.316. The Balaban J connectivity index is 1.62. The Hall–Kier alpha value is -6.18. The highest BCUT2D eigenvalue weighted by Gasteiger charge is 2.27. The van der Waals surface area contributed by atoms with E-state index in [1.807, 2.05) is 0 Å². The topological polar surface area (TPSA) is 211 Å². The summed E-state index contributed by atoms with van der Waals surface area (Å²) >= 11 is 0. The summed E-state index contributed by atoms with van der Waals surface area (Å²) in [5.41, 5.74) is 1.20. The fourth-order valence-corrected chi connectivity index (χ4v) is 5.74. The van der Waals surface area contributed by atoms with Gasteiger partial charge in [0.05, 0.1) is 52.8 Å². The van der Waals surface area contributed by atoms with Crippen molar-refractivity contribution < 1.29 is 68.6 Å². The van der Waals surface area contributed by atoms with Crippen LogP contribution in [-0.2, 0) is 22.3 Å². The number of methoxy groups -OCH3 is 4. The van der Waals surface area contributed by atoms with Crippen molar-refractivity contribution in [1.29, 1.82) is 0 Å². The van der Waals surface area contributed by atoms with Gasteiger partial charge in [-0.2, -0.15) is 0 Å². The van der Waals surface area contributed by atoms with E-state index in [1.165, 1.54) is 77.0 Å². The molecule has 0 amide bonds. The average molecular weight is 723 g/mol. The van der Waals surface area contributed by atoms with Crippen LogP contribution in [0, 0.1) is 11.8 Å². The highest BCUT2D eigenvalue weighted by Crippen LogP contribution is 2.39. The maximum Gasteiger partial charge on any atom is 0.338 e. The summed E-state index contributed by atoms with van der Waals surface area (Å²) in [5.74, 6) is -4.33. The number of phenols is 6. The van der Waals surface area contributed by atoms with Crippen LogP contribution in [0.3, 0.4) is 0 Å². The van der Waals surface area contributed by atoms with Gasteiger partial charge >= 0.3 is 11.9 Å². The molecular weight excluding hydrogens is 680 g/mol. The number of carbonyl (C=O) groups is 2. The molecule has 0 bridgehead atoms. The molecule has 0 radical (unpaired) electrons. The first-order valence-electron chi connectivity index (χ1n) is 16.1. The van der Waals surface area contributed by atoms with Crippen molar-refractivity contribution in [2.45, 2.75) is 25.7 Å². The van der Waals surface area contributed by atoms with Crippen LogP contribution in [0.2, 0.25) is 0 Å². The Kier molecular flexibility index (Phi) is 13.1. The Bertz CT molecular complexity index is 1780. The van der Waals surface area contributed by atoms with Gasteiger partial charge in [0.15, 0.2) is 34.5 Å². The van der Waals surface area contributed by atoms with Crippen LogP contribution < -0.4 is 18.9 Å². The summed E-state index contributed by atoms with van der Waals surface area (Å²) in [7, 11) is 5.80. The number of esters is 2. The molecule has 4 aromatic rings. The molecule has 4 rings (SSSR count). The molecule has 0 spiro atoms. The summed E-state index contributed by atoms with van der Waals surface area (Å²) in [6, 6.07) is 14.4. The summed E-state index contributed by atoms with van der Waals surface area (Å²) in [5, 5.41) is 60.9. The first kappa shape index (κ1) is 38.6.